The number of pyridine rings is 2. The van der Waals surface area contributed by atoms with Gasteiger partial charge >= 0.3 is 0 Å². The molecule has 2 aromatic rings. The van der Waals surface area contributed by atoms with Crippen molar-refractivity contribution in [1.29, 1.82) is 0 Å². The smallest absolute Gasteiger partial charge is 0.137 e. The fourth-order valence-electron chi connectivity index (χ4n) is 1.81. The predicted molar refractivity (Wildman–Crippen MR) is 79.7 cm³/mol. The topological polar surface area (TPSA) is 47.0 Å². The Bertz CT molecular complexity index is 485. The minimum Gasteiger partial charge on any atom is -0.492 e. The van der Waals surface area contributed by atoms with Crippen molar-refractivity contribution in [1.82, 2.24) is 15.3 Å². The van der Waals surface area contributed by atoms with Crippen molar-refractivity contribution in [2.75, 3.05) is 13.2 Å². The van der Waals surface area contributed by atoms with Crippen molar-refractivity contribution in [2.45, 2.75) is 26.3 Å². The second kappa shape index (κ2) is 8.27. The third kappa shape index (κ3) is 4.97. The van der Waals surface area contributed by atoms with Crippen molar-refractivity contribution >= 4 is 0 Å². The average molecular weight is 271 g/mol. The van der Waals surface area contributed by atoms with Crippen LogP contribution in [0.3, 0.4) is 0 Å². The molecule has 0 unspecified atom stereocenters. The van der Waals surface area contributed by atoms with Crippen LogP contribution in [0, 0.1) is 0 Å². The van der Waals surface area contributed by atoms with Gasteiger partial charge in [0.2, 0.25) is 0 Å². The van der Waals surface area contributed by atoms with Crippen LogP contribution in [0.25, 0.3) is 0 Å². The van der Waals surface area contributed by atoms with Crippen LogP contribution in [0.5, 0.6) is 5.75 Å². The molecule has 0 aliphatic carbocycles. The van der Waals surface area contributed by atoms with E-state index in [1.807, 2.05) is 30.3 Å². The Morgan fingerprint density at radius 3 is 2.75 bits per heavy atom. The molecule has 0 spiro atoms. The largest absolute Gasteiger partial charge is 0.492 e. The van der Waals surface area contributed by atoms with Gasteiger partial charge in [-0.3, -0.25) is 9.97 Å². The number of nitrogens with one attached hydrogen (secondary N) is 1. The summed E-state index contributed by atoms with van der Waals surface area (Å²) in [5.74, 6) is 0.806. The van der Waals surface area contributed by atoms with Gasteiger partial charge in [-0.25, -0.2) is 0 Å². The molecule has 0 saturated heterocycles. The molecule has 106 valence electrons. The van der Waals surface area contributed by atoms with Gasteiger partial charge in [-0.2, -0.15) is 0 Å². The fraction of sp³-hybridized carbons (Fsp3) is 0.375. The van der Waals surface area contributed by atoms with Gasteiger partial charge in [0.05, 0.1) is 18.5 Å². The first kappa shape index (κ1) is 14.5. The Morgan fingerprint density at radius 2 is 2.05 bits per heavy atom. The maximum atomic E-state index is 5.67. The van der Waals surface area contributed by atoms with E-state index in [0.717, 1.165) is 43.1 Å². The van der Waals surface area contributed by atoms with E-state index in [2.05, 4.69) is 22.2 Å². The highest BCUT2D eigenvalue weighted by Gasteiger charge is 1.98. The molecular weight excluding hydrogens is 250 g/mol. The first-order chi connectivity index (χ1) is 9.88. The number of rotatable bonds is 8. The third-order valence-electron chi connectivity index (χ3n) is 2.88. The van der Waals surface area contributed by atoms with E-state index >= 15 is 0 Å². The van der Waals surface area contributed by atoms with Crippen LogP contribution in [0.15, 0.2) is 42.7 Å². The van der Waals surface area contributed by atoms with Gasteiger partial charge in [0.25, 0.3) is 0 Å². The Morgan fingerprint density at radius 1 is 1.10 bits per heavy atom. The first-order valence-electron chi connectivity index (χ1n) is 7.07. The van der Waals surface area contributed by atoms with Crippen LogP contribution < -0.4 is 10.1 Å². The minimum absolute atomic E-state index is 0.617. The van der Waals surface area contributed by atoms with Crippen molar-refractivity contribution in [3.8, 4) is 5.75 Å². The van der Waals surface area contributed by atoms with E-state index < -0.39 is 0 Å². The molecule has 0 fully saturated rings. The molecule has 4 nitrogen and oxygen atoms in total. The molecule has 0 saturated carbocycles. The standard InChI is InChI=1S/C16H21N3O/c1-2-9-17-12-15-6-7-16(13-19-15)20-11-8-14-5-3-4-10-18-14/h3-7,10,13,17H,2,8-9,11-12H2,1H3. The predicted octanol–water partition coefficient (Wildman–Crippen LogP) is 2.60. The van der Waals surface area contributed by atoms with E-state index in [4.69, 9.17) is 4.74 Å². The zero-order chi connectivity index (χ0) is 14.0. The fourth-order valence-corrected chi connectivity index (χ4v) is 1.81. The maximum Gasteiger partial charge on any atom is 0.137 e. The lowest BCUT2D eigenvalue weighted by atomic mass is 10.3. The average Bonchev–Trinajstić information content (AvgIpc) is 2.50. The molecule has 0 amide bonds. The number of ether oxygens (including phenoxy) is 1. The van der Waals surface area contributed by atoms with E-state index in [0.29, 0.717) is 6.61 Å². The lowest BCUT2D eigenvalue weighted by Crippen LogP contribution is -2.14. The van der Waals surface area contributed by atoms with Gasteiger partial charge in [-0.05, 0) is 37.2 Å². The molecule has 20 heavy (non-hydrogen) atoms. The summed E-state index contributed by atoms with van der Waals surface area (Å²) in [6.45, 7) is 4.59. The summed E-state index contributed by atoms with van der Waals surface area (Å²) in [6.07, 6.45) is 5.52. The van der Waals surface area contributed by atoms with E-state index in [1.54, 1.807) is 12.4 Å². The minimum atomic E-state index is 0.617. The van der Waals surface area contributed by atoms with Crippen LogP contribution >= 0.6 is 0 Å². The Labute approximate surface area is 120 Å². The lowest BCUT2D eigenvalue weighted by molar-refractivity contribution is 0.319. The molecular formula is C16H21N3O. The summed E-state index contributed by atoms with van der Waals surface area (Å²) in [5.41, 5.74) is 2.08. The van der Waals surface area contributed by atoms with Crippen molar-refractivity contribution in [2.24, 2.45) is 0 Å². The second-order valence-electron chi connectivity index (χ2n) is 4.58. The normalized spacial score (nSPS) is 10.4. The van der Waals surface area contributed by atoms with E-state index in [9.17, 15) is 0 Å². The second-order valence-corrected chi connectivity index (χ2v) is 4.58. The van der Waals surface area contributed by atoms with Crippen LogP contribution in [-0.4, -0.2) is 23.1 Å². The maximum absolute atomic E-state index is 5.67. The summed E-state index contributed by atoms with van der Waals surface area (Å²) in [5, 5.41) is 3.32. The van der Waals surface area contributed by atoms with E-state index in [1.165, 1.54) is 0 Å². The number of nitrogens with zero attached hydrogens (tertiary/aromatic N) is 2. The van der Waals surface area contributed by atoms with Crippen molar-refractivity contribution in [3.05, 3.63) is 54.1 Å². The summed E-state index contributed by atoms with van der Waals surface area (Å²) in [7, 11) is 0. The van der Waals surface area contributed by atoms with E-state index in [-0.39, 0.29) is 0 Å². The molecule has 2 rings (SSSR count). The SMILES string of the molecule is CCCNCc1ccc(OCCc2ccccn2)cn1. The molecule has 0 aliphatic heterocycles. The van der Waals surface area contributed by atoms with Gasteiger partial charge in [-0.15, -0.1) is 0 Å². The van der Waals surface area contributed by atoms with Crippen molar-refractivity contribution < 1.29 is 4.74 Å². The lowest BCUT2D eigenvalue weighted by Gasteiger charge is -2.07. The van der Waals surface area contributed by atoms with Gasteiger partial charge in [0.15, 0.2) is 0 Å². The first-order valence-corrected chi connectivity index (χ1v) is 7.07. The van der Waals surface area contributed by atoms with Gasteiger partial charge in [0, 0.05) is 24.9 Å². The Balaban J connectivity index is 1.73. The quantitative estimate of drug-likeness (QED) is 0.750. The summed E-state index contributed by atoms with van der Waals surface area (Å²) in [6, 6.07) is 9.87. The molecule has 0 aromatic carbocycles. The number of aromatic nitrogens is 2. The molecule has 0 bridgehead atoms. The van der Waals surface area contributed by atoms with Crippen LogP contribution in [0.1, 0.15) is 24.7 Å². The van der Waals surface area contributed by atoms with Crippen LogP contribution in [0.4, 0.5) is 0 Å². The third-order valence-corrected chi connectivity index (χ3v) is 2.88. The van der Waals surface area contributed by atoms with Gasteiger partial charge in [0.1, 0.15) is 5.75 Å². The van der Waals surface area contributed by atoms with Crippen LogP contribution in [-0.2, 0) is 13.0 Å². The summed E-state index contributed by atoms with van der Waals surface area (Å²) in [4.78, 5) is 8.63. The highest BCUT2D eigenvalue weighted by molar-refractivity contribution is 5.20. The number of hydrogen-bond acceptors (Lipinski definition) is 4. The van der Waals surface area contributed by atoms with Crippen LogP contribution in [0.2, 0.25) is 0 Å². The molecule has 1 N–H and O–H groups in total. The molecule has 2 aromatic heterocycles. The Hall–Kier alpha value is -1.94. The van der Waals surface area contributed by atoms with Gasteiger partial charge in [-0.1, -0.05) is 13.0 Å². The zero-order valence-electron chi connectivity index (χ0n) is 11.9. The Kier molecular flexibility index (Phi) is 5.99. The summed E-state index contributed by atoms with van der Waals surface area (Å²) < 4.78 is 5.67. The highest BCUT2D eigenvalue weighted by atomic mass is 16.5. The molecule has 0 atom stereocenters. The van der Waals surface area contributed by atoms with Gasteiger partial charge < -0.3 is 10.1 Å². The zero-order valence-corrected chi connectivity index (χ0v) is 11.9. The number of hydrogen-bond donors (Lipinski definition) is 1. The molecule has 2 heterocycles. The molecule has 4 heteroatoms. The monoisotopic (exact) mass is 271 g/mol. The van der Waals surface area contributed by atoms with Crippen molar-refractivity contribution in [3.63, 3.8) is 0 Å². The molecule has 0 aliphatic rings. The summed E-state index contributed by atoms with van der Waals surface area (Å²) >= 11 is 0. The molecule has 0 radical (unpaired) electrons. The highest BCUT2D eigenvalue weighted by Crippen LogP contribution is 2.09.